The molecule has 3 atom stereocenters. The normalized spacial score (nSPS) is 14.3. The molecule has 0 aliphatic carbocycles. The number of rotatable bonds is 44. The van der Waals surface area contributed by atoms with Gasteiger partial charge < -0.3 is 13.9 Å². The molecule has 0 aromatic heterocycles. The lowest BCUT2D eigenvalue weighted by Crippen LogP contribution is -2.47. The van der Waals surface area contributed by atoms with Crippen LogP contribution in [0.3, 0.4) is 0 Å². The maximum Gasteiger partial charge on any atom is 0.275 e. The molecular formula is C46H96O3SSi. The van der Waals surface area contributed by atoms with Crippen LogP contribution in [0.5, 0.6) is 0 Å². The van der Waals surface area contributed by atoms with Gasteiger partial charge >= 0.3 is 0 Å². The zero-order valence-electron chi connectivity index (χ0n) is 35.9. The van der Waals surface area contributed by atoms with E-state index in [-0.39, 0.29) is 5.92 Å². The van der Waals surface area contributed by atoms with E-state index in [0.717, 1.165) is 45.3 Å². The van der Waals surface area contributed by atoms with Crippen molar-refractivity contribution in [3.8, 4) is 0 Å². The lowest BCUT2D eigenvalue weighted by molar-refractivity contribution is -0.372. The quantitative estimate of drug-likeness (QED) is 0.0290. The minimum Gasteiger partial charge on any atom is -0.380 e. The molecule has 0 spiro atoms. The highest BCUT2D eigenvalue weighted by molar-refractivity contribution is 7.80. The lowest BCUT2D eigenvalue weighted by Gasteiger charge is -2.40. The molecular weight excluding hydrogens is 661 g/mol. The average molecular weight is 757 g/mol. The molecule has 0 saturated carbocycles. The summed E-state index contributed by atoms with van der Waals surface area (Å²) in [7, 11) is 0.632. The first-order valence-electron chi connectivity index (χ1n) is 23.6. The largest absolute Gasteiger partial charge is 0.380 e. The number of unbranched alkanes of at least 4 members (excludes halogenated alkanes) is 31. The molecule has 0 fully saturated rings. The average Bonchev–Trinajstić information content (AvgIpc) is 3.13. The van der Waals surface area contributed by atoms with Crippen molar-refractivity contribution >= 4 is 23.1 Å². The van der Waals surface area contributed by atoms with Gasteiger partial charge in [-0.3, -0.25) is 0 Å². The van der Waals surface area contributed by atoms with Crippen molar-refractivity contribution in [2.45, 2.75) is 276 Å². The summed E-state index contributed by atoms with van der Waals surface area (Å²) in [6, 6.07) is 0. The van der Waals surface area contributed by atoms with Gasteiger partial charge in [-0.25, -0.2) is 0 Å². The monoisotopic (exact) mass is 757 g/mol. The van der Waals surface area contributed by atoms with Crippen LogP contribution < -0.4 is 0 Å². The van der Waals surface area contributed by atoms with Crippen molar-refractivity contribution in [1.82, 2.24) is 0 Å². The Morgan fingerprint density at radius 3 is 0.941 bits per heavy atom. The summed E-state index contributed by atoms with van der Waals surface area (Å²) >= 11 is 4.78. The van der Waals surface area contributed by atoms with E-state index < -0.39 is 5.97 Å². The Morgan fingerprint density at radius 2 is 0.667 bits per heavy atom. The predicted octanol–water partition coefficient (Wildman–Crippen LogP) is 15.4. The highest BCUT2D eigenvalue weighted by Crippen LogP contribution is 2.35. The van der Waals surface area contributed by atoms with Crippen molar-refractivity contribution in [3.05, 3.63) is 0 Å². The van der Waals surface area contributed by atoms with Crippen LogP contribution >= 0.6 is 12.6 Å². The van der Waals surface area contributed by atoms with Gasteiger partial charge in [0.05, 0.1) is 13.2 Å². The smallest absolute Gasteiger partial charge is 0.275 e. The van der Waals surface area contributed by atoms with Gasteiger partial charge in [-0.1, -0.05) is 233 Å². The van der Waals surface area contributed by atoms with E-state index >= 15 is 0 Å². The molecule has 0 amide bonds. The summed E-state index contributed by atoms with van der Waals surface area (Å²) in [6.07, 6.45) is 49.7. The third-order valence-electron chi connectivity index (χ3n) is 11.2. The zero-order chi connectivity index (χ0) is 37.4. The van der Waals surface area contributed by atoms with Gasteiger partial charge in [0.25, 0.3) is 5.97 Å². The van der Waals surface area contributed by atoms with Gasteiger partial charge in [-0.2, -0.15) is 12.6 Å². The van der Waals surface area contributed by atoms with Gasteiger partial charge in [0, 0.05) is 5.92 Å². The Balaban J connectivity index is 4.83. The number of hydrogen-bond acceptors (Lipinski definition) is 4. The molecule has 0 rings (SSSR count). The molecule has 0 radical (unpaired) electrons. The Hall–Kier alpha value is 0.447. The van der Waals surface area contributed by atoms with Gasteiger partial charge in [0.1, 0.15) is 0 Å². The number of hydrogen-bond donors (Lipinski definition) is 1. The molecule has 0 aliphatic rings. The summed E-state index contributed by atoms with van der Waals surface area (Å²) in [6.45, 7) is 10.6. The van der Waals surface area contributed by atoms with Crippen molar-refractivity contribution in [2.75, 3.05) is 13.2 Å². The zero-order valence-corrected chi connectivity index (χ0v) is 38.8. The second-order valence-corrected chi connectivity index (χ2v) is 17.7. The number of ether oxygens (including phenoxy) is 2. The van der Waals surface area contributed by atoms with E-state index in [2.05, 4.69) is 27.7 Å². The molecule has 0 aromatic carbocycles. The van der Waals surface area contributed by atoms with Crippen LogP contribution in [0.2, 0.25) is 0 Å². The van der Waals surface area contributed by atoms with Crippen LogP contribution in [0.1, 0.15) is 265 Å². The first-order chi connectivity index (χ1) is 25.1. The van der Waals surface area contributed by atoms with Crippen molar-refractivity contribution < 1.29 is 13.9 Å². The Bertz CT molecular complexity index is 650. The van der Waals surface area contributed by atoms with Crippen LogP contribution in [0.25, 0.3) is 0 Å². The third kappa shape index (κ3) is 34.7. The minimum atomic E-state index is -0.857. The summed E-state index contributed by atoms with van der Waals surface area (Å²) in [5, 5.41) is 0.389. The fraction of sp³-hybridized carbons (Fsp3) is 1.00. The molecule has 308 valence electrons. The highest BCUT2D eigenvalue weighted by Gasteiger charge is 2.40. The Morgan fingerprint density at radius 1 is 0.392 bits per heavy atom. The second-order valence-electron chi connectivity index (χ2n) is 16.4. The summed E-state index contributed by atoms with van der Waals surface area (Å²) in [4.78, 5) is 0. The van der Waals surface area contributed by atoms with E-state index in [4.69, 9.17) is 26.5 Å². The molecule has 0 saturated heterocycles. The Kier molecular flexibility index (Phi) is 42.0. The lowest BCUT2D eigenvalue weighted by atomic mass is 9.92. The van der Waals surface area contributed by atoms with E-state index in [1.165, 1.54) is 205 Å². The fourth-order valence-electron chi connectivity index (χ4n) is 7.70. The van der Waals surface area contributed by atoms with Crippen molar-refractivity contribution in [2.24, 2.45) is 5.92 Å². The molecule has 5 heteroatoms. The first kappa shape index (κ1) is 51.4. The maximum absolute atomic E-state index is 6.78. The molecule has 0 aromatic rings. The van der Waals surface area contributed by atoms with Crippen LogP contribution in [-0.2, 0) is 13.9 Å². The summed E-state index contributed by atoms with van der Waals surface area (Å²) < 4.78 is 20.0. The van der Waals surface area contributed by atoms with E-state index in [9.17, 15) is 0 Å². The van der Waals surface area contributed by atoms with E-state index in [1.54, 1.807) is 0 Å². The van der Waals surface area contributed by atoms with Gasteiger partial charge in [-0.05, 0) is 37.4 Å². The maximum atomic E-state index is 6.78. The predicted molar refractivity (Wildman–Crippen MR) is 235 cm³/mol. The van der Waals surface area contributed by atoms with Gasteiger partial charge in [-0.15, -0.1) is 0 Å². The number of thiol groups is 1. The van der Waals surface area contributed by atoms with Crippen LogP contribution in [0, 0.1) is 5.92 Å². The van der Waals surface area contributed by atoms with Gasteiger partial charge in [0.2, 0.25) is 0 Å². The SMILES string of the molecule is CCCCCCCCCCCCCCOC(O[SiH3])(OCCCCCCCCCCCC)C(CCCCCCCCCCCCCC)CCC(C)S. The molecule has 0 aliphatic heterocycles. The van der Waals surface area contributed by atoms with Gasteiger partial charge in [0.15, 0.2) is 10.5 Å². The molecule has 0 heterocycles. The molecule has 3 unspecified atom stereocenters. The minimum absolute atomic E-state index is 0.285. The standard InChI is InChI=1S/C46H96O3SSi/c1-5-8-11-14-17-20-23-25-27-30-33-36-39-45(41-40-44(4)50)46(49-51,47-42-37-34-31-28-22-19-16-13-10-7-3)48-43-38-35-32-29-26-24-21-18-15-12-9-6-2/h44-45,50H,5-43H2,1-4,51H3. The van der Waals surface area contributed by atoms with Crippen LogP contribution in [0.4, 0.5) is 0 Å². The summed E-state index contributed by atoms with van der Waals surface area (Å²) in [5.74, 6) is -0.572. The molecule has 0 bridgehead atoms. The van der Waals surface area contributed by atoms with Crippen LogP contribution in [-0.4, -0.2) is 34.9 Å². The van der Waals surface area contributed by atoms with Crippen molar-refractivity contribution in [3.63, 3.8) is 0 Å². The second kappa shape index (κ2) is 41.6. The summed E-state index contributed by atoms with van der Waals surface area (Å²) in [5.41, 5.74) is 0. The van der Waals surface area contributed by atoms with Crippen molar-refractivity contribution in [1.29, 1.82) is 0 Å². The van der Waals surface area contributed by atoms with E-state index in [0.29, 0.717) is 15.7 Å². The molecule has 51 heavy (non-hydrogen) atoms. The fourth-order valence-corrected chi connectivity index (χ4v) is 8.41. The highest BCUT2D eigenvalue weighted by atomic mass is 32.1. The first-order valence-corrected chi connectivity index (χ1v) is 24.9. The Labute approximate surface area is 331 Å². The van der Waals surface area contributed by atoms with E-state index in [1.807, 2.05) is 0 Å². The third-order valence-corrected chi connectivity index (χ3v) is 12.1. The molecule has 3 nitrogen and oxygen atoms in total. The molecule has 0 N–H and O–H groups in total. The van der Waals surface area contributed by atoms with Crippen LogP contribution in [0.15, 0.2) is 0 Å². The topological polar surface area (TPSA) is 27.7 Å².